The number of hydrogen-bond acceptors (Lipinski definition) is 1. The Kier molecular flexibility index (Phi) is 3.06. The van der Waals surface area contributed by atoms with Crippen molar-refractivity contribution in [2.45, 2.75) is 13.0 Å². The summed E-state index contributed by atoms with van der Waals surface area (Å²) < 4.78 is 0.973. The lowest BCUT2D eigenvalue weighted by Crippen LogP contribution is -1.97. The fourth-order valence-electron chi connectivity index (χ4n) is 0.961. The fourth-order valence-corrected chi connectivity index (χ4v) is 1.38. The number of aliphatic hydroxyl groups is 1. The molecule has 0 spiro atoms. The molecule has 0 saturated heterocycles. The minimum Gasteiger partial charge on any atom is -0.384 e. The second kappa shape index (κ2) is 3.87. The van der Waals surface area contributed by atoms with E-state index in [9.17, 15) is 5.11 Å². The minimum atomic E-state index is -0.553. The van der Waals surface area contributed by atoms with Crippen molar-refractivity contribution in [2.24, 2.45) is 0 Å². The van der Waals surface area contributed by atoms with E-state index in [1.165, 1.54) is 0 Å². The number of aliphatic hydroxyl groups excluding tert-OH is 1. The zero-order chi connectivity index (χ0) is 9.14. The predicted molar refractivity (Wildman–Crippen MR) is 53.9 cm³/mol. The zero-order valence-corrected chi connectivity index (χ0v) is 8.51. The molecule has 64 valence electrons. The first-order valence-electron chi connectivity index (χ1n) is 3.70. The summed E-state index contributed by atoms with van der Waals surface area (Å²) >= 11 is 3.34. The van der Waals surface area contributed by atoms with Crippen LogP contribution in [0.5, 0.6) is 0 Å². The number of rotatable bonds is 2. The van der Waals surface area contributed by atoms with E-state index < -0.39 is 6.10 Å². The van der Waals surface area contributed by atoms with Crippen molar-refractivity contribution in [1.29, 1.82) is 0 Å². The topological polar surface area (TPSA) is 20.2 Å². The molecule has 0 saturated carbocycles. The maximum absolute atomic E-state index is 9.60. The molecule has 0 aliphatic carbocycles. The van der Waals surface area contributed by atoms with Crippen molar-refractivity contribution in [2.75, 3.05) is 0 Å². The molecule has 1 nitrogen and oxygen atoms in total. The summed E-state index contributed by atoms with van der Waals surface area (Å²) in [6, 6.07) is 7.59. The van der Waals surface area contributed by atoms with Crippen molar-refractivity contribution in [1.82, 2.24) is 0 Å². The van der Waals surface area contributed by atoms with Crippen LogP contribution in [0.3, 0.4) is 0 Å². The SMILES string of the molecule is C=C(C)C(O)c1cccc(Br)c1. The van der Waals surface area contributed by atoms with Crippen molar-refractivity contribution in [3.05, 3.63) is 46.5 Å². The van der Waals surface area contributed by atoms with E-state index >= 15 is 0 Å². The molecule has 0 aromatic heterocycles. The molecule has 0 radical (unpaired) electrons. The molecule has 0 amide bonds. The molecule has 2 heteroatoms. The van der Waals surface area contributed by atoms with Gasteiger partial charge in [-0.25, -0.2) is 0 Å². The number of halogens is 1. The second-order valence-corrected chi connectivity index (χ2v) is 3.72. The van der Waals surface area contributed by atoms with Gasteiger partial charge >= 0.3 is 0 Å². The van der Waals surface area contributed by atoms with Crippen LogP contribution in [0.1, 0.15) is 18.6 Å². The van der Waals surface area contributed by atoms with Crippen LogP contribution < -0.4 is 0 Å². The fraction of sp³-hybridized carbons (Fsp3) is 0.200. The van der Waals surface area contributed by atoms with Crippen LogP contribution in [-0.2, 0) is 0 Å². The third kappa shape index (κ3) is 2.19. The third-order valence-corrected chi connectivity index (χ3v) is 2.12. The summed E-state index contributed by atoms with van der Waals surface area (Å²) in [5, 5.41) is 9.60. The van der Waals surface area contributed by atoms with Gasteiger partial charge in [-0.3, -0.25) is 0 Å². The molecule has 0 bridgehead atoms. The molecule has 0 aliphatic rings. The van der Waals surface area contributed by atoms with Crippen LogP contribution in [0.15, 0.2) is 40.9 Å². The molecule has 12 heavy (non-hydrogen) atoms. The van der Waals surface area contributed by atoms with Crippen molar-refractivity contribution in [3.8, 4) is 0 Å². The van der Waals surface area contributed by atoms with Crippen LogP contribution in [0.2, 0.25) is 0 Å². The van der Waals surface area contributed by atoms with E-state index in [-0.39, 0.29) is 0 Å². The smallest absolute Gasteiger partial charge is 0.0996 e. The summed E-state index contributed by atoms with van der Waals surface area (Å²) in [6.45, 7) is 5.51. The summed E-state index contributed by atoms with van der Waals surface area (Å²) in [6.07, 6.45) is -0.553. The Morgan fingerprint density at radius 2 is 2.25 bits per heavy atom. The minimum absolute atomic E-state index is 0.553. The zero-order valence-electron chi connectivity index (χ0n) is 6.92. The Bertz CT molecular complexity index is 294. The first-order chi connectivity index (χ1) is 5.61. The van der Waals surface area contributed by atoms with Crippen molar-refractivity contribution >= 4 is 15.9 Å². The molecule has 1 aromatic rings. The van der Waals surface area contributed by atoms with Crippen LogP contribution in [0.4, 0.5) is 0 Å². The Hall–Kier alpha value is -0.600. The van der Waals surface area contributed by atoms with Crippen LogP contribution in [0, 0.1) is 0 Å². The highest BCUT2D eigenvalue weighted by molar-refractivity contribution is 9.10. The molecule has 1 N–H and O–H groups in total. The van der Waals surface area contributed by atoms with Gasteiger partial charge in [0.15, 0.2) is 0 Å². The van der Waals surface area contributed by atoms with E-state index in [4.69, 9.17) is 0 Å². The van der Waals surface area contributed by atoms with E-state index in [2.05, 4.69) is 22.5 Å². The second-order valence-electron chi connectivity index (χ2n) is 2.80. The average Bonchev–Trinajstić information content (AvgIpc) is 2.03. The van der Waals surface area contributed by atoms with Gasteiger partial charge in [-0.2, -0.15) is 0 Å². The summed E-state index contributed by atoms with van der Waals surface area (Å²) in [7, 11) is 0. The van der Waals surface area contributed by atoms with Crippen molar-refractivity contribution in [3.63, 3.8) is 0 Å². The predicted octanol–water partition coefficient (Wildman–Crippen LogP) is 3.06. The molecular formula is C10H11BrO. The number of benzene rings is 1. The molecule has 1 unspecified atom stereocenters. The lowest BCUT2D eigenvalue weighted by Gasteiger charge is -2.10. The first-order valence-corrected chi connectivity index (χ1v) is 4.49. The molecular weight excluding hydrogens is 216 g/mol. The molecule has 1 atom stereocenters. The Labute approximate surface area is 80.9 Å². The van der Waals surface area contributed by atoms with Gasteiger partial charge in [0.05, 0.1) is 6.10 Å². The quantitative estimate of drug-likeness (QED) is 0.770. The van der Waals surface area contributed by atoms with Crippen LogP contribution >= 0.6 is 15.9 Å². The van der Waals surface area contributed by atoms with E-state index in [1.54, 1.807) is 0 Å². The van der Waals surface area contributed by atoms with E-state index in [0.717, 1.165) is 15.6 Å². The maximum atomic E-state index is 9.60. The molecule has 1 aromatic carbocycles. The van der Waals surface area contributed by atoms with E-state index in [1.807, 2.05) is 31.2 Å². The first kappa shape index (κ1) is 9.49. The van der Waals surface area contributed by atoms with Crippen molar-refractivity contribution < 1.29 is 5.11 Å². The van der Waals surface area contributed by atoms with Gasteiger partial charge in [-0.1, -0.05) is 34.6 Å². The largest absolute Gasteiger partial charge is 0.384 e. The van der Waals surface area contributed by atoms with Gasteiger partial charge in [0.2, 0.25) is 0 Å². The highest BCUT2D eigenvalue weighted by Gasteiger charge is 2.06. The van der Waals surface area contributed by atoms with Gasteiger partial charge in [-0.05, 0) is 30.2 Å². The lowest BCUT2D eigenvalue weighted by molar-refractivity contribution is 0.216. The molecule has 0 heterocycles. The highest BCUT2D eigenvalue weighted by atomic mass is 79.9. The highest BCUT2D eigenvalue weighted by Crippen LogP contribution is 2.22. The number of hydrogen-bond donors (Lipinski definition) is 1. The summed E-state index contributed by atoms with van der Waals surface area (Å²) in [5.41, 5.74) is 1.63. The van der Waals surface area contributed by atoms with Crippen LogP contribution in [-0.4, -0.2) is 5.11 Å². The summed E-state index contributed by atoms with van der Waals surface area (Å²) in [4.78, 5) is 0. The Balaban J connectivity index is 2.95. The van der Waals surface area contributed by atoms with Crippen LogP contribution in [0.25, 0.3) is 0 Å². The van der Waals surface area contributed by atoms with Gasteiger partial charge in [0.1, 0.15) is 0 Å². The lowest BCUT2D eigenvalue weighted by atomic mass is 10.0. The van der Waals surface area contributed by atoms with Gasteiger partial charge in [0, 0.05) is 4.47 Å². The van der Waals surface area contributed by atoms with Gasteiger partial charge in [0.25, 0.3) is 0 Å². The molecule has 0 aliphatic heterocycles. The normalized spacial score (nSPS) is 12.6. The van der Waals surface area contributed by atoms with Gasteiger partial charge < -0.3 is 5.11 Å². The maximum Gasteiger partial charge on any atom is 0.0996 e. The monoisotopic (exact) mass is 226 g/mol. The summed E-state index contributed by atoms with van der Waals surface area (Å²) in [5.74, 6) is 0. The van der Waals surface area contributed by atoms with E-state index in [0.29, 0.717) is 0 Å². The average molecular weight is 227 g/mol. The van der Waals surface area contributed by atoms with Gasteiger partial charge in [-0.15, -0.1) is 0 Å². The Morgan fingerprint density at radius 3 is 2.75 bits per heavy atom. The molecule has 1 rings (SSSR count). The standard InChI is InChI=1S/C10H11BrO/c1-7(2)10(12)8-4-3-5-9(11)6-8/h3-6,10,12H,1H2,2H3. The Morgan fingerprint density at radius 1 is 1.58 bits per heavy atom. The molecule has 0 fully saturated rings. The third-order valence-electron chi connectivity index (χ3n) is 1.63.